The summed E-state index contributed by atoms with van der Waals surface area (Å²) in [6.45, 7) is 25.6. The molecule has 0 aromatic carbocycles. The molecule has 0 saturated carbocycles. The topological polar surface area (TPSA) is 44.4 Å². The van der Waals surface area contributed by atoms with Crippen molar-refractivity contribution >= 4 is 5.91 Å². The molecule has 30 heavy (non-hydrogen) atoms. The molecule has 0 spiro atoms. The summed E-state index contributed by atoms with van der Waals surface area (Å²) in [6.07, 6.45) is 9.45. The van der Waals surface area contributed by atoms with Crippen molar-refractivity contribution in [3.8, 4) is 0 Å². The maximum atomic E-state index is 12.8. The summed E-state index contributed by atoms with van der Waals surface area (Å²) in [7, 11) is 0. The van der Waals surface area contributed by atoms with Crippen molar-refractivity contribution in [3.05, 3.63) is 36.7 Å². The molecule has 4 heteroatoms. The van der Waals surface area contributed by atoms with Gasteiger partial charge in [0.25, 0.3) is 0 Å². The van der Waals surface area contributed by atoms with Gasteiger partial charge in [-0.2, -0.15) is 0 Å². The molecule has 0 bridgehead atoms. The molecular weight excluding hydrogens is 370 g/mol. The zero-order valence-electron chi connectivity index (χ0n) is 20.4. The van der Waals surface area contributed by atoms with Gasteiger partial charge in [0.05, 0.1) is 6.54 Å². The molecular formula is C26H47N3O. The molecule has 0 aliphatic carbocycles. The second-order valence-electron chi connectivity index (χ2n) is 10.0. The quantitative estimate of drug-likeness (QED) is 0.332. The number of hydrogen-bond donors (Lipinski definition) is 2. The minimum Gasteiger partial charge on any atom is -0.384 e. The normalized spacial score (nSPS) is 17.5. The van der Waals surface area contributed by atoms with Gasteiger partial charge in [-0.05, 0) is 50.4 Å². The molecule has 1 amide bonds. The number of unbranched alkanes of at least 4 members (excludes halogenated alkanes) is 1. The van der Waals surface area contributed by atoms with E-state index in [0.29, 0.717) is 24.4 Å². The molecule has 2 N–H and O–H groups in total. The van der Waals surface area contributed by atoms with E-state index < -0.39 is 0 Å². The van der Waals surface area contributed by atoms with Crippen LogP contribution in [0.2, 0.25) is 0 Å². The Kier molecular flexibility index (Phi) is 11.3. The van der Waals surface area contributed by atoms with E-state index >= 15 is 0 Å². The standard InChI is InChI=1S/C26H47N3O/c1-9-10-15-26(7,8)16-11-13-21(4)23(6)29-17-12-14-24(29)25(30)28-19-22(5)27-18-20(2)3/h21,24,27H,2,5-6,9-19H2,1,3-4,7-8H3,(H,28,30)/t21-,24+/m1/s1. The van der Waals surface area contributed by atoms with Crippen molar-refractivity contribution in [2.24, 2.45) is 11.3 Å². The van der Waals surface area contributed by atoms with Gasteiger partial charge in [-0.15, -0.1) is 0 Å². The molecule has 0 unspecified atom stereocenters. The fraction of sp³-hybridized carbons (Fsp3) is 0.731. The first-order valence-electron chi connectivity index (χ1n) is 11.9. The third-order valence-electron chi connectivity index (χ3n) is 6.31. The molecule has 0 aromatic rings. The van der Waals surface area contributed by atoms with E-state index in [1.54, 1.807) is 0 Å². The van der Waals surface area contributed by atoms with Crippen LogP contribution in [0, 0.1) is 11.3 Å². The summed E-state index contributed by atoms with van der Waals surface area (Å²) in [5, 5.41) is 6.23. The second kappa shape index (κ2) is 12.9. The predicted molar refractivity (Wildman–Crippen MR) is 130 cm³/mol. The second-order valence-corrected chi connectivity index (χ2v) is 10.0. The summed E-state index contributed by atoms with van der Waals surface area (Å²) in [5.41, 5.74) is 3.41. The first-order chi connectivity index (χ1) is 14.1. The molecule has 1 heterocycles. The maximum Gasteiger partial charge on any atom is 0.243 e. The first kappa shape index (κ1) is 26.3. The highest BCUT2D eigenvalue weighted by Crippen LogP contribution is 2.33. The van der Waals surface area contributed by atoms with E-state index in [0.717, 1.165) is 42.8 Å². The number of rotatable bonds is 15. The largest absolute Gasteiger partial charge is 0.384 e. The van der Waals surface area contributed by atoms with Crippen molar-refractivity contribution < 1.29 is 4.79 Å². The zero-order chi connectivity index (χ0) is 22.7. The summed E-state index contributed by atoms with van der Waals surface area (Å²) in [5.74, 6) is 0.493. The lowest BCUT2D eigenvalue weighted by Gasteiger charge is -2.32. The van der Waals surface area contributed by atoms with Crippen LogP contribution < -0.4 is 10.6 Å². The molecule has 1 rings (SSSR count). The highest BCUT2D eigenvalue weighted by molar-refractivity contribution is 5.82. The molecule has 0 aromatic heterocycles. The average molecular weight is 418 g/mol. The van der Waals surface area contributed by atoms with E-state index in [2.05, 4.69) is 63.0 Å². The van der Waals surface area contributed by atoms with E-state index in [4.69, 9.17) is 0 Å². The lowest BCUT2D eigenvalue weighted by molar-refractivity contribution is -0.124. The van der Waals surface area contributed by atoms with Crippen LogP contribution in [0.3, 0.4) is 0 Å². The average Bonchev–Trinajstić information content (AvgIpc) is 3.17. The van der Waals surface area contributed by atoms with Crippen molar-refractivity contribution in [1.82, 2.24) is 15.5 Å². The number of carbonyl (C=O) groups is 1. The summed E-state index contributed by atoms with van der Waals surface area (Å²) < 4.78 is 0. The minimum atomic E-state index is -0.102. The van der Waals surface area contributed by atoms with Crippen molar-refractivity contribution in [2.75, 3.05) is 19.6 Å². The number of allylic oxidation sites excluding steroid dienone is 1. The monoisotopic (exact) mass is 417 g/mol. The number of likely N-dealkylation sites (tertiary alicyclic amines) is 1. The third-order valence-corrected chi connectivity index (χ3v) is 6.31. The molecule has 1 fully saturated rings. The van der Waals surface area contributed by atoms with Gasteiger partial charge < -0.3 is 15.5 Å². The van der Waals surface area contributed by atoms with Crippen LogP contribution in [-0.4, -0.2) is 36.5 Å². The number of nitrogens with one attached hydrogen (secondary N) is 2. The first-order valence-corrected chi connectivity index (χ1v) is 11.9. The Bertz CT molecular complexity index is 593. The predicted octanol–water partition coefficient (Wildman–Crippen LogP) is 5.78. The fourth-order valence-electron chi connectivity index (χ4n) is 4.15. The van der Waals surface area contributed by atoms with E-state index in [1.165, 1.54) is 32.1 Å². The van der Waals surface area contributed by atoms with Crippen molar-refractivity contribution in [2.45, 2.75) is 92.0 Å². The zero-order valence-corrected chi connectivity index (χ0v) is 20.4. The third kappa shape index (κ3) is 9.40. The van der Waals surface area contributed by atoms with Crippen molar-refractivity contribution in [3.63, 3.8) is 0 Å². The van der Waals surface area contributed by atoms with Gasteiger partial charge in [-0.3, -0.25) is 4.79 Å². The Labute approximate surface area is 186 Å². The van der Waals surface area contributed by atoms with Gasteiger partial charge in [0.1, 0.15) is 6.04 Å². The van der Waals surface area contributed by atoms with Gasteiger partial charge in [0.2, 0.25) is 5.91 Å². The van der Waals surface area contributed by atoms with E-state index in [-0.39, 0.29) is 11.9 Å². The van der Waals surface area contributed by atoms with Crippen LogP contribution in [0.25, 0.3) is 0 Å². The van der Waals surface area contributed by atoms with Crippen LogP contribution in [0.1, 0.15) is 86.0 Å². The molecule has 0 radical (unpaired) electrons. The minimum absolute atomic E-state index is 0.0832. The van der Waals surface area contributed by atoms with E-state index in [1.807, 2.05) is 6.92 Å². The smallest absolute Gasteiger partial charge is 0.243 e. The molecule has 4 nitrogen and oxygen atoms in total. The van der Waals surface area contributed by atoms with Gasteiger partial charge >= 0.3 is 0 Å². The van der Waals surface area contributed by atoms with Gasteiger partial charge in [-0.25, -0.2) is 0 Å². The van der Waals surface area contributed by atoms with Crippen LogP contribution >= 0.6 is 0 Å². The van der Waals surface area contributed by atoms with Crippen LogP contribution in [0.4, 0.5) is 0 Å². The number of hydrogen-bond acceptors (Lipinski definition) is 3. The Hall–Kier alpha value is -1.71. The number of carbonyl (C=O) groups excluding carboxylic acids is 1. The lowest BCUT2D eigenvalue weighted by Crippen LogP contribution is -2.44. The van der Waals surface area contributed by atoms with Gasteiger partial charge in [0, 0.05) is 24.5 Å². The Morgan fingerprint density at radius 2 is 1.80 bits per heavy atom. The Balaban J connectivity index is 2.47. The number of nitrogens with zero attached hydrogens (tertiary/aromatic N) is 1. The summed E-state index contributed by atoms with van der Waals surface area (Å²) in [6, 6.07) is -0.102. The molecule has 1 aliphatic rings. The fourth-order valence-corrected chi connectivity index (χ4v) is 4.15. The van der Waals surface area contributed by atoms with Crippen molar-refractivity contribution in [1.29, 1.82) is 0 Å². The van der Waals surface area contributed by atoms with Gasteiger partial charge in [0.15, 0.2) is 0 Å². The summed E-state index contributed by atoms with van der Waals surface area (Å²) >= 11 is 0. The summed E-state index contributed by atoms with van der Waals surface area (Å²) in [4.78, 5) is 15.0. The van der Waals surface area contributed by atoms with Gasteiger partial charge in [-0.1, -0.05) is 72.3 Å². The molecule has 1 aliphatic heterocycles. The van der Waals surface area contributed by atoms with Crippen LogP contribution in [0.15, 0.2) is 36.7 Å². The Morgan fingerprint density at radius 3 is 2.43 bits per heavy atom. The molecule has 1 saturated heterocycles. The SMILES string of the molecule is C=C(C)CNC(=C)CNC(=O)[C@@H]1CCCN1C(=C)[C@H](C)CCCC(C)(C)CCCC. The number of amides is 1. The van der Waals surface area contributed by atoms with Crippen LogP contribution in [-0.2, 0) is 4.79 Å². The van der Waals surface area contributed by atoms with E-state index in [9.17, 15) is 4.79 Å². The highest BCUT2D eigenvalue weighted by Gasteiger charge is 2.32. The Morgan fingerprint density at radius 1 is 1.13 bits per heavy atom. The lowest BCUT2D eigenvalue weighted by atomic mass is 9.81. The molecule has 172 valence electrons. The van der Waals surface area contributed by atoms with Crippen LogP contribution in [0.5, 0.6) is 0 Å². The maximum absolute atomic E-state index is 12.8. The highest BCUT2D eigenvalue weighted by atomic mass is 16.2. The molecule has 2 atom stereocenters.